The van der Waals surface area contributed by atoms with Gasteiger partial charge in [0.2, 0.25) is 5.13 Å². The van der Waals surface area contributed by atoms with Crippen LogP contribution in [-0.4, -0.2) is 11.2 Å². The summed E-state index contributed by atoms with van der Waals surface area (Å²) in [4.78, 5) is 4.53. The molecule has 1 heterocycles. The average Bonchev–Trinajstić information content (AvgIpc) is 3.00. The number of unbranched alkanes of at least 4 members (excludes halogenated alkanes) is 5. The van der Waals surface area contributed by atoms with Crippen LogP contribution in [0.4, 0.5) is 5.13 Å². The van der Waals surface area contributed by atoms with E-state index < -0.39 is 0 Å². The summed E-state index contributed by atoms with van der Waals surface area (Å²) in [5.41, 5.74) is 5.15. The lowest BCUT2D eigenvalue weighted by molar-refractivity contribution is 0.645. The number of aromatic nitrogens is 1. The van der Waals surface area contributed by atoms with Crippen LogP contribution in [0.5, 0.6) is 0 Å². The SMILES string of the molecule is CCCCCCC/C=N/Nc1nc(-c2ccccc2)cs1. The highest BCUT2D eigenvalue weighted by Crippen LogP contribution is 2.24. The maximum absolute atomic E-state index is 4.53. The topological polar surface area (TPSA) is 37.3 Å². The van der Waals surface area contributed by atoms with Crippen LogP contribution in [0.1, 0.15) is 45.4 Å². The van der Waals surface area contributed by atoms with E-state index in [1.54, 1.807) is 11.3 Å². The molecule has 0 unspecified atom stereocenters. The van der Waals surface area contributed by atoms with Crippen molar-refractivity contribution in [2.45, 2.75) is 45.4 Å². The lowest BCUT2D eigenvalue weighted by atomic mass is 10.1. The van der Waals surface area contributed by atoms with Gasteiger partial charge in [-0.25, -0.2) is 4.98 Å². The maximum atomic E-state index is 4.53. The molecule has 1 aromatic heterocycles. The Balaban J connectivity index is 1.71. The lowest BCUT2D eigenvalue weighted by Gasteiger charge is -1.96. The van der Waals surface area contributed by atoms with Gasteiger partial charge in [-0.1, -0.05) is 62.9 Å². The van der Waals surface area contributed by atoms with Crippen molar-refractivity contribution in [1.29, 1.82) is 0 Å². The number of nitrogens with zero attached hydrogens (tertiary/aromatic N) is 2. The molecule has 2 aromatic rings. The fraction of sp³-hybridized carbons (Fsp3) is 0.412. The van der Waals surface area contributed by atoms with Crippen LogP contribution < -0.4 is 5.43 Å². The van der Waals surface area contributed by atoms with Crippen LogP contribution in [0.15, 0.2) is 40.8 Å². The first kappa shape index (κ1) is 15.7. The molecule has 1 aromatic carbocycles. The molecular weight excluding hydrogens is 278 g/mol. The number of anilines is 1. The number of thiazole rings is 1. The van der Waals surface area contributed by atoms with Crippen LogP contribution in [-0.2, 0) is 0 Å². The Hall–Kier alpha value is -1.68. The Morgan fingerprint density at radius 2 is 1.95 bits per heavy atom. The van der Waals surface area contributed by atoms with Crippen molar-refractivity contribution in [3.63, 3.8) is 0 Å². The molecule has 2 rings (SSSR count). The zero-order valence-corrected chi connectivity index (χ0v) is 13.4. The van der Waals surface area contributed by atoms with E-state index in [-0.39, 0.29) is 0 Å². The Bertz CT molecular complexity index is 534. The molecule has 0 aliphatic rings. The minimum absolute atomic E-state index is 0.844. The molecule has 0 atom stereocenters. The molecule has 0 spiro atoms. The van der Waals surface area contributed by atoms with Crippen LogP contribution in [0.2, 0.25) is 0 Å². The molecule has 21 heavy (non-hydrogen) atoms. The van der Waals surface area contributed by atoms with Crippen molar-refractivity contribution in [2.75, 3.05) is 5.43 Å². The van der Waals surface area contributed by atoms with Gasteiger partial charge < -0.3 is 0 Å². The van der Waals surface area contributed by atoms with E-state index in [2.05, 4.69) is 39.9 Å². The van der Waals surface area contributed by atoms with Gasteiger partial charge in [0.1, 0.15) is 0 Å². The number of hydrazone groups is 1. The van der Waals surface area contributed by atoms with E-state index in [4.69, 9.17) is 0 Å². The molecule has 0 aliphatic heterocycles. The predicted octanol–water partition coefficient (Wildman–Crippen LogP) is 5.57. The summed E-state index contributed by atoms with van der Waals surface area (Å²) in [6.07, 6.45) is 9.49. The minimum atomic E-state index is 0.844. The minimum Gasteiger partial charge on any atom is -0.253 e. The Morgan fingerprint density at radius 1 is 1.14 bits per heavy atom. The van der Waals surface area contributed by atoms with Gasteiger partial charge in [-0.2, -0.15) is 5.10 Å². The second-order valence-electron chi connectivity index (χ2n) is 5.03. The normalized spacial score (nSPS) is 11.1. The van der Waals surface area contributed by atoms with Crippen LogP contribution >= 0.6 is 11.3 Å². The monoisotopic (exact) mass is 301 g/mol. The molecule has 0 amide bonds. The third kappa shape index (κ3) is 5.68. The second kappa shape index (κ2) is 9.29. The first-order valence-corrected chi connectivity index (χ1v) is 8.56. The summed E-state index contributed by atoms with van der Waals surface area (Å²) in [5.74, 6) is 0. The first-order chi connectivity index (χ1) is 10.4. The molecule has 0 saturated heterocycles. The summed E-state index contributed by atoms with van der Waals surface area (Å²) < 4.78 is 0. The number of hydrogen-bond donors (Lipinski definition) is 1. The second-order valence-corrected chi connectivity index (χ2v) is 5.89. The Kier molecular flexibility index (Phi) is 6.95. The van der Waals surface area contributed by atoms with Gasteiger partial charge in [0, 0.05) is 17.2 Å². The van der Waals surface area contributed by atoms with E-state index in [0.717, 1.165) is 22.8 Å². The van der Waals surface area contributed by atoms with Gasteiger partial charge in [-0.3, -0.25) is 5.43 Å². The zero-order chi connectivity index (χ0) is 14.8. The highest BCUT2D eigenvalue weighted by Gasteiger charge is 2.02. The predicted molar refractivity (Wildman–Crippen MR) is 93.0 cm³/mol. The van der Waals surface area contributed by atoms with Gasteiger partial charge >= 0.3 is 0 Å². The van der Waals surface area contributed by atoms with Gasteiger partial charge in [0.25, 0.3) is 0 Å². The van der Waals surface area contributed by atoms with Crippen LogP contribution in [0, 0.1) is 0 Å². The molecule has 4 heteroatoms. The van der Waals surface area contributed by atoms with Gasteiger partial charge in [-0.05, 0) is 12.8 Å². The fourth-order valence-corrected chi connectivity index (χ4v) is 2.74. The first-order valence-electron chi connectivity index (χ1n) is 7.68. The lowest BCUT2D eigenvalue weighted by Crippen LogP contribution is -1.89. The quantitative estimate of drug-likeness (QED) is 0.373. The van der Waals surface area contributed by atoms with Gasteiger partial charge in [0.15, 0.2) is 0 Å². The summed E-state index contributed by atoms with van der Waals surface area (Å²) in [5, 5.41) is 7.14. The molecule has 0 fully saturated rings. The summed E-state index contributed by atoms with van der Waals surface area (Å²) in [6.45, 7) is 2.24. The molecular formula is C17H23N3S. The van der Waals surface area contributed by atoms with E-state index in [1.807, 2.05) is 24.4 Å². The van der Waals surface area contributed by atoms with E-state index in [0.29, 0.717) is 0 Å². The Morgan fingerprint density at radius 3 is 2.76 bits per heavy atom. The highest BCUT2D eigenvalue weighted by molar-refractivity contribution is 7.14. The number of benzene rings is 1. The fourth-order valence-electron chi connectivity index (χ4n) is 2.07. The Labute approximate surface area is 131 Å². The highest BCUT2D eigenvalue weighted by atomic mass is 32.1. The van der Waals surface area contributed by atoms with Crippen molar-refractivity contribution in [1.82, 2.24) is 4.98 Å². The zero-order valence-electron chi connectivity index (χ0n) is 12.6. The summed E-state index contributed by atoms with van der Waals surface area (Å²) in [7, 11) is 0. The molecule has 1 N–H and O–H groups in total. The van der Waals surface area contributed by atoms with Gasteiger partial charge in [-0.15, -0.1) is 11.3 Å². The van der Waals surface area contributed by atoms with Crippen LogP contribution in [0.25, 0.3) is 11.3 Å². The smallest absolute Gasteiger partial charge is 0.203 e. The standard InChI is InChI=1S/C17H23N3S/c1-2-3-4-5-6-10-13-18-20-17-19-16(14-21-17)15-11-8-7-9-12-15/h7-9,11-14H,2-6,10H2,1H3,(H,19,20)/b18-13+. The third-order valence-electron chi connectivity index (χ3n) is 3.26. The average molecular weight is 301 g/mol. The number of nitrogens with one attached hydrogen (secondary N) is 1. The third-order valence-corrected chi connectivity index (χ3v) is 4.01. The maximum Gasteiger partial charge on any atom is 0.203 e. The van der Waals surface area contributed by atoms with E-state index >= 15 is 0 Å². The molecule has 0 bridgehead atoms. The molecule has 0 saturated carbocycles. The molecule has 0 radical (unpaired) electrons. The number of hydrogen-bond acceptors (Lipinski definition) is 4. The van der Waals surface area contributed by atoms with Crippen molar-refractivity contribution >= 4 is 22.7 Å². The van der Waals surface area contributed by atoms with Crippen molar-refractivity contribution in [3.8, 4) is 11.3 Å². The van der Waals surface area contributed by atoms with Crippen molar-refractivity contribution < 1.29 is 0 Å². The van der Waals surface area contributed by atoms with E-state index in [1.165, 1.54) is 32.1 Å². The molecule has 112 valence electrons. The van der Waals surface area contributed by atoms with Crippen LogP contribution in [0.3, 0.4) is 0 Å². The largest absolute Gasteiger partial charge is 0.253 e. The molecule has 3 nitrogen and oxygen atoms in total. The molecule has 0 aliphatic carbocycles. The number of rotatable bonds is 9. The van der Waals surface area contributed by atoms with Crippen molar-refractivity contribution in [3.05, 3.63) is 35.7 Å². The van der Waals surface area contributed by atoms with Gasteiger partial charge in [0.05, 0.1) is 5.69 Å². The van der Waals surface area contributed by atoms with E-state index in [9.17, 15) is 0 Å². The van der Waals surface area contributed by atoms with Crippen molar-refractivity contribution in [2.24, 2.45) is 5.10 Å². The summed E-state index contributed by atoms with van der Waals surface area (Å²) >= 11 is 1.58. The summed E-state index contributed by atoms with van der Waals surface area (Å²) in [6, 6.07) is 10.2.